The molecule has 1 aromatic rings. The second-order valence-corrected chi connectivity index (χ2v) is 5.48. The van der Waals surface area contributed by atoms with Gasteiger partial charge in [-0.3, -0.25) is 0 Å². The summed E-state index contributed by atoms with van der Waals surface area (Å²) in [4.78, 5) is -0.738. The third-order valence-electron chi connectivity index (χ3n) is 2.26. The molecule has 0 fully saturated rings. The first-order valence-electron chi connectivity index (χ1n) is 5.10. The van der Waals surface area contributed by atoms with E-state index in [0.717, 1.165) is 12.1 Å². The van der Waals surface area contributed by atoms with Crippen LogP contribution in [-0.2, 0) is 9.84 Å². The summed E-state index contributed by atoms with van der Waals surface area (Å²) in [6, 6.07) is 4.41. The summed E-state index contributed by atoms with van der Waals surface area (Å²) in [5.41, 5.74) is 4.89. The first-order valence-corrected chi connectivity index (χ1v) is 6.58. The van der Waals surface area contributed by atoms with E-state index in [1.54, 1.807) is 0 Å². The van der Waals surface area contributed by atoms with E-state index in [1.807, 2.05) is 0 Å². The molecule has 0 unspecified atom stereocenters. The predicted octanol–water partition coefficient (Wildman–Crippen LogP) is 1.87. The van der Waals surface area contributed by atoms with Crippen molar-refractivity contribution < 1.29 is 26.3 Å². The number of benzene rings is 1. The summed E-state index contributed by atoms with van der Waals surface area (Å²) >= 11 is 0. The van der Waals surface area contributed by atoms with Crippen LogP contribution in [0, 0.1) is 0 Å². The summed E-state index contributed by atoms with van der Waals surface area (Å²) < 4.78 is 68.5. The molecule has 0 radical (unpaired) electrons. The molecule has 0 atom stereocenters. The van der Waals surface area contributed by atoms with Crippen LogP contribution in [0.2, 0.25) is 0 Å². The van der Waals surface area contributed by atoms with Crippen LogP contribution in [0.4, 0.5) is 13.2 Å². The van der Waals surface area contributed by atoms with Gasteiger partial charge < -0.3 is 10.5 Å². The van der Waals surface area contributed by atoms with Crippen LogP contribution < -0.4 is 10.5 Å². The van der Waals surface area contributed by atoms with Gasteiger partial charge in [0.1, 0.15) is 5.75 Å². The SMILES string of the molecule is COc1cccc(S(=O)(=O)C(F)(F)/C(F)=C/CN)c1. The van der Waals surface area contributed by atoms with Crippen molar-refractivity contribution in [2.24, 2.45) is 5.73 Å². The molecule has 0 spiro atoms. The topological polar surface area (TPSA) is 69.4 Å². The maximum atomic E-state index is 13.6. The van der Waals surface area contributed by atoms with Crippen molar-refractivity contribution in [3.63, 3.8) is 0 Å². The highest BCUT2D eigenvalue weighted by atomic mass is 32.2. The number of methoxy groups -OCH3 is 1. The zero-order chi connectivity index (χ0) is 14.7. The summed E-state index contributed by atoms with van der Waals surface area (Å²) in [7, 11) is -3.96. The van der Waals surface area contributed by atoms with Gasteiger partial charge in [-0.05, 0) is 24.3 Å². The number of nitrogens with two attached hydrogens (primary N) is 1. The van der Waals surface area contributed by atoms with E-state index in [9.17, 15) is 21.6 Å². The highest BCUT2D eigenvalue weighted by Gasteiger charge is 2.50. The number of halogens is 3. The fourth-order valence-electron chi connectivity index (χ4n) is 1.27. The van der Waals surface area contributed by atoms with Crippen molar-refractivity contribution in [1.29, 1.82) is 0 Å². The number of rotatable bonds is 5. The molecule has 1 rings (SSSR count). The summed E-state index contributed by atoms with van der Waals surface area (Å²) in [5, 5.41) is -4.67. The first-order chi connectivity index (χ1) is 8.77. The molecule has 1 aromatic carbocycles. The Balaban J connectivity index is 3.34. The minimum Gasteiger partial charge on any atom is -0.497 e. The van der Waals surface area contributed by atoms with E-state index in [2.05, 4.69) is 0 Å². The fourth-order valence-corrected chi connectivity index (χ4v) is 2.43. The van der Waals surface area contributed by atoms with E-state index in [4.69, 9.17) is 10.5 Å². The quantitative estimate of drug-likeness (QED) is 0.900. The van der Waals surface area contributed by atoms with Crippen molar-refractivity contribution in [3.05, 3.63) is 36.2 Å². The Hall–Kier alpha value is -1.54. The third-order valence-corrected chi connectivity index (χ3v) is 4.01. The lowest BCUT2D eigenvalue weighted by atomic mass is 10.3. The van der Waals surface area contributed by atoms with Gasteiger partial charge >= 0.3 is 5.25 Å². The van der Waals surface area contributed by atoms with Crippen LogP contribution in [-0.4, -0.2) is 27.3 Å². The van der Waals surface area contributed by atoms with E-state index in [0.29, 0.717) is 6.08 Å². The maximum Gasteiger partial charge on any atom is 0.400 e. The molecule has 0 aromatic heterocycles. The molecule has 2 N–H and O–H groups in total. The van der Waals surface area contributed by atoms with Crippen molar-refractivity contribution >= 4 is 9.84 Å². The molecular formula is C11H12F3NO3S. The Morgan fingerprint density at radius 2 is 2.11 bits per heavy atom. The van der Waals surface area contributed by atoms with Crippen LogP contribution in [0.15, 0.2) is 41.1 Å². The Kier molecular flexibility index (Phi) is 4.59. The Morgan fingerprint density at radius 3 is 2.63 bits per heavy atom. The monoisotopic (exact) mass is 295 g/mol. The molecule has 0 saturated heterocycles. The van der Waals surface area contributed by atoms with Gasteiger partial charge in [0.25, 0.3) is 9.84 Å². The minimum absolute atomic E-state index is 0.0695. The number of hydrogen-bond acceptors (Lipinski definition) is 4. The highest BCUT2D eigenvalue weighted by molar-refractivity contribution is 7.92. The average molecular weight is 295 g/mol. The molecule has 0 aliphatic carbocycles. The van der Waals surface area contributed by atoms with Crippen LogP contribution >= 0.6 is 0 Å². The summed E-state index contributed by atoms with van der Waals surface area (Å²) in [6.45, 7) is -0.533. The molecule has 4 nitrogen and oxygen atoms in total. The molecule has 0 amide bonds. The van der Waals surface area contributed by atoms with Crippen molar-refractivity contribution in [2.75, 3.05) is 13.7 Å². The third kappa shape index (κ3) is 2.90. The van der Waals surface area contributed by atoms with Gasteiger partial charge in [0, 0.05) is 6.54 Å². The van der Waals surface area contributed by atoms with Crippen LogP contribution in [0.1, 0.15) is 0 Å². The van der Waals surface area contributed by atoms with Gasteiger partial charge in [0.05, 0.1) is 12.0 Å². The van der Waals surface area contributed by atoms with E-state index >= 15 is 0 Å². The van der Waals surface area contributed by atoms with Gasteiger partial charge in [0.2, 0.25) is 0 Å². The largest absolute Gasteiger partial charge is 0.497 e. The normalized spacial score (nSPS) is 13.4. The second-order valence-electron chi connectivity index (χ2n) is 3.49. The Morgan fingerprint density at radius 1 is 1.47 bits per heavy atom. The predicted molar refractivity (Wildman–Crippen MR) is 63.4 cm³/mol. The van der Waals surface area contributed by atoms with Crippen LogP contribution in [0.25, 0.3) is 0 Å². The Labute approximate surface area is 108 Å². The lowest BCUT2D eigenvalue weighted by Crippen LogP contribution is -2.30. The van der Waals surface area contributed by atoms with Crippen LogP contribution in [0.5, 0.6) is 5.75 Å². The van der Waals surface area contributed by atoms with E-state index in [1.165, 1.54) is 19.2 Å². The molecule has 0 aliphatic heterocycles. The molecule has 8 heteroatoms. The number of sulfone groups is 1. The van der Waals surface area contributed by atoms with Crippen LogP contribution in [0.3, 0.4) is 0 Å². The molecule has 0 bridgehead atoms. The molecular weight excluding hydrogens is 283 g/mol. The van der Waals surface area contributed by atoms with Gasteiger partial charge in [-0.25, -0.2) is 12.8 Å². The van der Waals surface area contributed by atoms with Crippen molar-refractivity contribution in [3.8, 4) is 5.75 Å². The number of ether oxygens (including phenoxy) is 1. The molecule has 0 aliphatic rings. The lowest BCUT2D eigenvalue weighted by Gasteiger charge is -2.15. The van der Waals surface area contributed by atoms with Gasteiger partial charge in [-0.2, -0.15) is 8.78 Å². The molecule has 106 valence electrons. The number of alkyl halides is 2. The second kappa shape index (κ2) is 5.62. The lowest BCUT2D eigenvalue weighted by molar-refractivity contribution is 0.105. The summed E-state index contributed by atoms with van der Waals surface area (Å²) in [5.74, 6) is -2.03. The van der Waals surface area contributed by atoms with Gasteiger partial charge in [0.15, 0.2) is 5.83 Å². The number of hydrogen-bond donors (Lipinski definition) is 1. The zero-order valence-corrected chi connectivity index (χ0v) is 10.8. The fraction of sp³-hybridized carbons (Fsp3) is 0.273. The smallest absolute Gasteiger partial charge is 0.400 e. The zero-order valence-electron chi connectivity index (χ0n) is 9.94. The highest BCUT2D eigenvalue weighted by Crippen LogP contribution is 2.36. The molecule has 0 saturated carbocycles. The van der Waals surface area contributed by atoms with Crippen molar-refractivity contribution in [1.82, 2.24) is 0 Å². The van der Waals surface area contributed by atoms with E-state index in [-0.39, 0.29) is 5.75 Å². The first kappa shape index (κ1) is 15.5. The molecule has 0 heterocycles. The van der Waals surface area contributed by atoms with Gasteiger partial charge in [-0.1, -0.05) is 6.07 Å². The maximum absolute atomic E-state index is 13.6. The summed E-state index contributed by atoms with van der Waals surface area (Å²) in [6.07, 6.45) is 0.317. The van der Waals surface area contributed by atoms with Gasteiger partial charge in [-0.15, -0.1) is 0 Å². The minimum atomic E-state index is -5.20. The van der Waals surface area contributed by atoms with E-state index < -0.39 is 32.4 Å². The standard InChI is InChI=1S/C11H12F3NO3S/c1-18-8-3-2-4-9(7-8)19(16,17)11(13,14)10(12)5-6-15/h2-5,7H,6,15H2,1H3/b10-5-. The average Bonchev–Trinajstić information content (AvgIpc) is 2.38. The van der Waals surface area contributed by atoms with Crippen molar-refractivity contribution in [2.45, 2.75) is 10.2 Å². The Bertz CT molecular complexity index is 585. The molecule has 19 heavy (non-hydrogen) atoms.